The molecule has 6 nitrogen and oxygen atoms in total. The van der Waals surface area contributed by atoms with Crippen LogP contribution in [0.1, 0.15) is 21.5 Å². The third kappa shape index (κ3) is 2.36. The Morgan fingerprint density at radius 3 is 2.59 bits per heavy atom. The van der Waals surface area contributed by atoms with E-state index < -0.39 is 11.7 Å². The minimum Gasteiger partial charge on any atom is -0.478 e. The lowest BCUT2D eigenvalue weighted by atomic mass is 10.1. The van der Waals surface area contributed by atoms with Crippen molar-refractivity contribution in [3.05, 3.63) is 69.7 Å². The van der Waals surface area contributed by atoms with E-state index in [1.165, 1.54) is 22.8 Å². The van der Waals surface area contributed by atoms with Crippen LogP contribution in [0.5, 0.6) is 0 Å². The Kier molecular flexibility index (Phi) is 3.24. The van der Waals surface area contributed by atoms with Gasteiger partial charge in [-0.3, -0.25) is 4.57 Å². The number of aromatic carboxylic acids is 1. The summed E-state index contributed by atoms with van der Waals surface area (Å²) in [5.41, 5.74) is 2.19. The molecular formula is C16H10N2O4. The fourth-order valence-electron chi connectivity index (χ4n) is 2.21. The summed E-state index contributed by atoms with van der Waals surface area (Å²) in [6, 6.07) is 13.1. The third-order valence-electron chi connectivity index (χ3n) is 3.34. The third-order valence-corrected chi connectivity index (χ3v) is 3.34. The number of hydrogen-bond acceptors (Lipinski definition) is 4. The number of rotatable bonds is 3. The summed E-state index contributed by atoms with van der Waals surface area (Å²) in [6.45, 7) is 0.237. The number of carbonyl (C=O) groups is 1. The van der Waals surface area contributed by atoms with Crippen molar-refractivity contribution in [1.29, 1.82) is 5.26 Å². The van der Waals surface area contributed by atoms with E-state index in [9.17, 15) is 9.59 Å². The second-order valence-electron chi connectivity index (χ2n) is 4.75. The van der Waals surface area contributed by atoms with Gasteiger partial charge in [-0.2, -0.15) is 5.26 Å². The van der Waals surface area contributed by atoms with Crippen molar-refractivity contribution in [2.45, 2.75) is 6.54 Å². The van der Waals surface area contributed by atoms with Crippen LogP contribution in [0, 0.1) is 11.3 Å². The van der Waals surface area contributed by atoms with E-state index in [1.807, 2.05) is 6.07 Å². The first-order chi connectivity index (χ1) is 10.6. The van der Waals surface area contributed by atoms with Gasteiger partial charge in [0.2, 0.25) is 0 Å². The second-order valence-corrected chi connectivity index (χ2v) is 4.75. The molecule has 3 rings (SSSR count). The summed E-state index contributed by atoms with van der Waals surface area (Å²) in [7, 11) is 0. The van der Waals surface area contributed by atoms with Crippen molar-refractivity contribution >= 4 is 17.1 Å². The van der Waals surface area contributed by atoms with Crippen molar-refractivity contribution in [3.8, 4) is 6.07 Å². The summed E-state index contributed by atoms with van der Waals surface area (Å²) in [5.74, 6) is -1.62. The number of fused-ring (bicyclic) bond motifs is 1. The van der Waals surface area contributed by atoms with Crippen molar-refractivity contribution in [2.24, 2.45) is 0 Å². The molecule has 0 bridgehead atoms. The zero-order valence-electron chi connectivity index (χ0n) is 11.3. The summed E-state index contributed by atoms with van der Waals surface area (Å²) in [6.07, 6.45) is 0. The molecule has 1 N–H and O–H groups in total. The van der Waals surface area contributed by atoms with Crippen LogP contribution in [0.25, 0.3) is 11.1 Å². The number of aromatic nitrogens is 1. The van der Waals surface area contributed by atoms with E-state index in [1.54, 1.807) is 24.3 Å². The number of benzene rings is 2. The number of carboxylic acids is 1. The molecule has 1 aromatic heterocycles. The molecule has 0 radical (unpaired) electrons. The topological polar surface area (TPSA) is 96.2 Å². The Morgan fingerprint density at radius 1 is 1.23 bits per heavy atom. The monoisotopic (exact) mass is 294 g/mol. The highest BCUT2D eigenvalue weighted by Gasteiger charge is 2.12. The first-order valence-electron chi connectivity index (χ1n) is 6.44. The number of nitrogens with zero attached hydrogens (tertiary/aromatic N) is 2. The van der Waals surface area contributed by atoms with Crippen LogP contribution in [-0.4, -0.2) is 15.6 Å². The minimum absolute atomic E-state index is 0.0851. The zero-order valence-corrected chi connectivity index (χ0v) is 11.3. The van der Waals surface area contributed by atoms with Gasteiger partial charge < -0.3 is 9.52 Å². The molecule has 0 aliphatic carbocycles. The smallest absolute Gasteiger partial charge is 0.420 e. The van der Waals surface area contributed by atoms with Gasteiger partial charge in [-0.25, -0.2) is 9.59 Å². The standard InChI is InChI=1S/C16H10N2O4/c17-8-10-1-3-11(4-2-10)9-18-13-7-12(15(19)20)5-6-14(13)22-16(18)21/h1-7H,9H2,(H,19,20). The Bertz CT molecular complexity index is 958. The van der Waals surface area contributed by atoms with Gasteiger partial charge in [-0.1, -0.05) is 12.1 Å². The molecule has 1 heterocycles. The van der Waals surface area contributed by atoms with Gasteiger partial charge in [-0.15, -0.1) is 0 Å². The lowest BCUT2D eigenvalue weighted by Gasteiger charge is -2.03. The van der Waals surface area contributed by atoms with Crippen molar-refractivity contribution < 1.29 is 14.3 Å². The fraction of sp³-hybridized carbons (Fsp3) is 0.0625. The normalized spacial score (nSPS) is 10.5. The Hall–Kier alpha value is -3.33. The SMILES string of the molecule is N#Cc1ccc(Cn2c(=O)oc3ccc(C(=O)O)cc32)cc1. The van der Waals surface area contributed by atoms with E-state index in [0.29, 0.717) is 16.7 Å². The zero-order chi connectivity index (χ0) is 15.7. The largest absolute Gasteiger partial charge is 0.478 e. The van der Waals surface area contributed by atoms with Gasteiger partial charge in [0.15, 0.2) is 5.58 Å². The molecule has 0 unspecified atom stereocenters. The average molecular weight is 294 g/mol. The van der Waals surface area contributed by atoms with Gasteiger partial charge >= 0.3 is 11.7 Å². The van der Waals surface area contributed by atoms with E-state index in [2.05, 4.69) is 0 Å². The van der Waals surface area contributed by atoms with Crippen LogP contribution >= 0.6 is 0 Å². The summed E-state index contributed by atoms with van der Waals surface area (Å²) < 4.78 is 6.48. The Labute approximate surface area is 124 Å². The molecule has 0 amide bonds. The van der Waals surface area contributed by atoms with Gasteiger partial charge in [0.25, 0.3) is 0 Å². The quantitative estimate of drug-likeness (QED) is 0.798. The summed E-state index contributed by atoms with van der Waals surface area (Å²) in [5, 5.41) is 17.8. The number of nitriles is 1. The van der Waals surface area contributed by atoms with Crippen molar-refractivity contribution in [1.82, 2.24) is 4.57 Å². The van der Waals surface area contributed by atoms with E-state index in [-0.39, 0.29) is 12.1 Å². The molecule has 3 aromatic rings. The molecule has 2 aromatic carbocycles. The molecular weight excluding hydrogens is 284 g/mol. The van der Waals surface area contributed by atoms with Gasteiger partial charge in [0.1, 0.15) is 0 Å². The van der Waals surface area contributed by atoms with Crippen LogP contribution in [0.4, 0.5) is 0 Å². The van der Waals surface area contributed by atoms with Crippen LogP contribution in [-0.2, 0) is 6.54 Å². The average Bonchev–Trinajstić information content (AvgIpc) is 2.83. The maximum atomic E-state index is 11.9. The minimum atomic E-state index is -1.07. The first-order valence-corrected chi connectivity index (χ1v) is 6.44. The molecule has 0 spiro atoms. The Morgan fingerprint density at radius 2 is 1.95 bits per heavy atom. The maximum Gasteiger partial charge on any atom is 0.420 e. The predicted molar refractivity (Wildman–Crippen MR) is 77.7 cm³/mol. The molecule has 6 heteroatoms. The molecule has 0 saturated carbocycles. The highest BCUT2D eigenvalue weighted by atomic mass is 16.4. The highest BCUT2D eigenvalue weighted by molar-refractivity contribution is 5.91. The van der Waals surface area contributed by atoms with Crippen LogP contribution in [0.15, 0.2) is 51.7 Å². The molecule has 0 atom stereocenters. The predicted octanol–water partition coefficient (Wildman–Crippen LogP) is 2.21. The molecule has 0 aliphatic rings. The van der Waals surface area contributed by atoms with Gasteiger partial charge in [-0.05, 0) is 35.9 Å². The number of hydrogen-bond donors (Lipinski definition) is 1. The van der Waals surface area contributed by atoms with Crippen LogP contribution < -0.4 is 5.76 Å². The number of carboxylic acid groups (broad SMARTS) is 1. The summed E-state index contributed by atoms with van der Waals surface area (Å²) in [4.78, 5) is 23.0. The number of oxazole rings is 1. The van der Waals surface area contributed by atoms with Gasteiger partial charge in [0, 0.05) is 0 Å². The maximum absolute atomic E-state index is 11.9. The van der Waals surface area contributed by atoms with Gasteiger partial charge in [0.05, 0.1) is 29.3 Å². The fourth-order valence-corrected chi connectivity index (χ4v) is 2.21. The van der Waals surface area contributed by atoms with Crippen molar-refractivity contribution in [3.63, 3.8) is 0 Å². The van der Waals surface area contributed by atoms with Crippen molar-refractivity contribution in [2.75, 3.05) is 0 Å². The summed E-state index contributed by atoms with van der Waals surface area (Å²) >= 11 is 0. The molecule has 0 fully saturated rings. The van der Waals surface area contributed by atoms with E-state index in [0.717, 1.165) is 5.56 Å². The lowest BCUT2D eigenvalue weighted by molar-refractivity contribution is 0.0697. The molecule has 22 heavy (non-hydrogen) atoms. The lowest BCUT2D eigenvalue weighted by Crippen LogP contribution is -2.15. The second kappa shape index (κ2) is 5.22. The van der Waals surface area contributed by atoms with Crippen LogP contribution in [0.2, 0.25) is 0 Å². The van der Waals surface area contributed by atoms with Crippen LogP contribution in [0.3, 0.4) is 0 Å². The molecule has 0 aliphatic heterocycles. The van der Waals surface area contributed by atoms with E-state index in [4.69, 9.17) is 14.8 Å². The Balaban J connectivity index is 2.07. The highest BCUT2D eigenvalue weighted by Crippen LogP contribution is 2.17. The molecule has 0 saturated heterocycles. The van der Waals surface area contributed by atoms with E-state index >= 15 is 0 Å². The first kappa shape index (κ1) is 13.6. The molecule has 108 valence electrons.